The minimum Gasteiger partial charge on any atom is -0.381 e. The molecule has 0 radical (unpaired) electrons. The summed E-state index contributed by atoms with van der Waals surface area (Å²) in [7, 11) is 1.72. The number of ether oxygens (including phenoxy) is 1. The van der Waals surface area contributed by atoms with Crippen molar-refractivity contribution in [3.8, 4) is 0 Å². The molecule has 2 rings (SSSR count). The third kappa shape index (κ3) is 2.31. The molecular weight excluding hydrogens is 294 g/mol. The van der Waals surface area contributed by atoms with E-state index in [1.54, 1.807) is 7.11 Å². The highest BCUT2D eigenvalue weighted by Crippen LogP contribution is 2.42. The van der Waals surface area contributed by atoms with E-state index in [2.05, 4.69) is 35.1 Å². The molecule has 1 aliphatic rings. The van der Waals surface area contributed by atoms with E-state index in [4.69, 9.17) is 4.74 Å². The van der Waals surface area contributed by atoms with Crippen molar-refractivity contribution in [2.24, 2.45) is 5.41 Å². The van der Waals surface area contributed by atoms with Crippen molar-refractivity contribution in [1.82, 2.24) is 5.32 Å². The van der Waals surface area contributed by atoms with Crippen LogP contribution in [0.3, 0.4) is 0 Å². The van der Waals surface area contributed by atoms with Crippen molar-refractivity contribution in [3.05, 3.63) is 34.3 Å². The topological polar surface area (TPSA) is 38.3 Å². The van der Waals surface area contributed by atoms with E-state index in [0.717, 1.165) is 10.9 Å². The lowest BCUT2D eigenvalue weighted by Crippen LogP contribution is -2.61. The summed E-state index contributed by atoms with van der Waals surface area (Å²) in [6, 6.07) is 7.62. The second kappa shape index (κ2) is 5.02. The van der Waals surface area contributed by atoms with E-state index in [1.165, 1.54) is 0 Å². The first kappa shape index (κ1) is 13.6. The Bertz CT molecular complexity index is 459. The average Bonchev–Trinajstić information content (AvgIpc) is 2.34. The van der Waals surface area contributed by atoms with Crippen LogP contribution in [0.4, 0.5) is 0 Å². The van der Waals surface area contributed by atoms with Gasteiger partial charge in [0.25, 0.3) is 5.91 Å². The normalized spacial score (nSPS) is 25.3. The Labute approximate surface area is 116 Å². The number of methoxy groups -OCH3 is 1. The summed E-state index contributed by atoms with van der Waals surface area (Å²) >= 11 is 3.40. The SMILES string of the molecule is COC1CC(NC(=O)c2ccccc2Br)C1(C)C. The van der Waals surface area contributed by atoms with Crippen LogP contribution in [-0.4, -0.2) is 25.2 Å². The first-order valence-electron chi connectivity index (χ1n) is 6.05. The molecule has 1 N–H and O–H groups in total. The van der Waals surface area contributed by atoms with Gasteiger partial charge in [0, 0.05) is 23.0 Å². The van der Waals surface area contributed by atoms with Gasteiger partial charge in [0.15, 0.2) is 0 Å². The van der Waals surface area contributed by atoms with Crippen LogP contribution in [0.5, 0.6) is 0 Å². The molecular formula is C14H18BrNO2. The van der Waals surface area contributed by atoms with Crippen molar-refractivity contribution >= 4 is 21.8 Å². The van der Waals surface area contributed by atoms with Gasteiger partial charge in [-0.3, -0.25) is 4.79 Å². The van der Waals surface area contributed by atoms with Crippen LogP contribution in [0, 0.1) is 5.41 Å². The number of hydrogen-bond acceptors (Lipinski definition) is 2. The van der Waals surface area contributed by atoms with Crippen molar-refractivity contribution in [1.29, 1.82) is 0 Å². The maximum atomic E-state index is 12.2. The van der Waals surface area contributed by atoms with Crippen molar-refractivity contribution in [2.75, 3.05) is 7.11 Å². The van der Waals surface area contributed by atoms with E-state index in [-0.39, 0.29) is 23.5 Å². The monoisotopic (exact) mass is 311 g/mol. The number of amides is 1. The minimum absolute atomic E-state index is 0.00827. The zero-order valence-corrected chi connectivity index (χ0v) is 12.5. The Hall–Kier alpha value is -0.870. The molecule has 0 aliphatic heterocycles. The minimum atomic E-state index is -0.0323. The Balaban J connectivity index is 2.04. The molecule has 1 fully saturated rings. The smallest absolute Gasteiger partial charge is 0.252 e. The Morgan fingerprint density at radius 3 is 2.67 bits per heavy atom. The van der Waals surface area contributed by atoms with Gasteiger partial charge in [-0.1, -0.05) is 26.0 Å². The highest BCUT2D eigenvalue weighted by atomic mass is 79.9. The highest BCUT2D eigenvalue weighted by Gasteiger charge is 2.49. The van der Waals surface area contributed by atoms with Gasteiger partial charge in [0.1, 0.15) is 0 Å². The van der Waals surface area contributed by atoms with Crippen LogP contribution in [0.25, 0.3) is 0 Å². The molecule has 4 heteroatoms. The van der Waals surface area contributed by atoms with Crippen LogP contribution in [0.15, 0.2) is 28.7 Å². The standard InChI is InChI=1S/C14H18BrNO2/c1-14(2)11(8-12(14)18-3)16-13(17)9-6-4-5-7-10(9)15/h4-7,11-12H,8H2,1-3H3,(H,16,17). The maximum absolute atomic E-state index is 12.2. The molecule has 0 heterocycles. The number of nitrogens with one attached hydrogen (secondary N) is 1. The molecule has 2 unspecified atom stereocenters. The number of halogens is 1. The fourth-order valence-corrected chi connectivity index (χ4v) is 2.88. The third-order valence-electron chi connectivity index (χ3n) is 3.89. The van der Waals surface area contributed by atoms with Crippen LogP contribution in [0.2, 0.25) is 0 Å². The predicted molar refractivity (Wildman–Crippen MR) is 74.6 cm³/mol. The molecule has 0 aromatic heterocycles. The fourth-order valence-electron chi connectivity index (χ4n) is 2.41. The van der Waals surface area contributed by atoms with Crippen molar-refractivity contribution in [2.45, 2.75) is 32.4 Å². The molecule has 3 nitrogen and oxygen atoms in total. The van der Waals surface area contributed by atoms with Gasteiger partial charge >= 0.3 is 0 Å². The Morgan fingerprint density at radius 2 is 2.11 bits per heavy atom. The second-order valence-corrected chi connectivity index (χ2v) is 6.14. The summed E-state index contributed by atoms with van der Waals surface area (Å²) in [4.78, 5) is 12.2. The number of benzene rings is 1. The molecule has 2 atom stereocenters. The third-order valence-corrected chi connectivity index (χ3v) is 4.58. The van der Waals surface area contributed by atoms with Gasteiger partial charge in [0.2, 0.25) is 0 Å². The predicted octanol–water partition coefficient (Wildman–Crippen LogP) is 2.99. The lowest BCUT2D eigenvalue weighted by Gasteiger charge is -2.51. The second-order valence-electron chi connectivity index (χ2n) is 5.29. The van der Waals surface area contributed by atoms with Gasteiger partial charge < -0.3 is 10.1 Å². The average molecular weight is 312 g/mol. The van der Waals surface area contributed by atoms with Crippen LogP contribution in [0.1, 0.15) is 30.6 Å². The summed E-state index contributed by atoms with van der Waals surface area (Å²) in [5.41, 5.74) is 0.667. The molecule has 18 heavy (non-hydrogen) atoms. The first-order valence-corrected chi connectivity index (χ1v) is 6.84. The number of carbonyl (C=O) groups excluding carboxylic acids is 1. The summed E-state index contributed by atoms with van der Waals surface area (Å²) in [5, 5.41) is 3.08. The molecule has 0 bridgehead atoms. The van der Waals surface area contributed by atoms with Crippen LogP contribution in [-0.2, 0) is 4.74 Å². The van der Waals surface area contributed by atoms with Gasteiger partial charge in [-0.25, -0.2) is 0 Å². The van der Waals surface area contributed by atoms with E-state index in [1.807, 2.05) is 24.3 Å². The Kier molecular flexibility index (Phi) is 3.78. The van der Waals surface area contributed by atoms with Crippen LogP contribution < -0.4 is 5.32 Å². The lowest BCUT2D eigenvalue weighted by molar-refractivity contribution is -0.0942. The van der Waals surface area contributed by atoms with E-state index in [0.29, 0.717) is 5.56 Å². The largest absolute Gasteiger partial charge is 0.381 e. The first-order chi connectivity index (χ1) is 8.46. The van der Waals surface area contributed by atoms with Crippen molar-refractivity contribution < 1.29 is 9.53 Å². The molecule has 1 aromatic carbocycles. The number of rotatable bonds is 3. The summed E-state index contributed by atoms with van der Waals surface area (Å²) < 4.78 is 6.20. The molecule has 1 amide bonds. The Morgan fingerprint density at radius 1 is 1.44 bits per heavy atom. The van der Waals surface area contributed by atoms with Gasteiger partial charge in [-0.15, -0.1) is 0 Å². The quantitative estimate of drug-likeness (QED) is 0.932. The molecule has 0 saturated heterocycles. The fraction of sp³-hybridized carbons (Fsp3) is 0.500. The van der Waals surface area contributed by atoms with E-state index < -0.39 is 0 Å². The molecule has 98 valence electrons. The van der Waals surface area contributed by atoms with E-state index >= 15 is 0 Å². The van der Waals surface area contributed by atoms with Gasteiger partial charge in [-0.05, 0) is 34.5 Å². The van der Waals surface area contributed by atoms with Crippen molar-refractivity contribution in [3.63, 3.8) is 0 Å². The molecule has 1 saturated carbocycles. The van der Waals surface area contributed by atoms with Gasteiger partial charge in [-0.2, -0.15) is 0 Å². The summed E-state index contributed by atoms with van der Waals surface area (Å²) in [6.07, 6.45) is 1.10. The zero-order valence-electron chi connectivity index (χ0n) is 10.9. The molecule has 0 spiro atoms. The molecule has 1 aliphatic carbocycles. The zero-order chi connectivity index (χ0) is 13.3. The molecule has 1 aromatic rings. The highest BCUT2D eigenvalue weighted by molar-refractivity contribution is 9.10. The number of hydrogen-bond donors (Lipinski definition) is 1. The lowest BCUT2D eigenvalue weighted by atomic mass is 9.64. The summed E-state index contributed by atoms with van der Waals surface area (Å²) in [6.45, 7) is 4.24. The van der Waals surface area contributed by atoms with Crippen LogP contribution >= 0.6 is 15.9 Å². The number of carbonyl (C=O) groups is 1. The van der Waals surface area contributed by atoms with E-state index in [9.17, 15) is 4.79 Å². The van der Waals surface area contributed by atoms with Gasteiger partial charge in [0.05, 0.1) is 11.7 Å². The summed E-state index contributed by atoms with van der Waals surface area (Å²) in [5.74, 6) is -0.0323. The maximum Gasteiger partial charge on any atom is 0.252 e.